The van der Waals surface area contributed by atoms with Crippen LogP contribution in [-0.2, 0) is 42.7 Å². The van der Waals surface area contributed by atoms with Crippen molar-refractivity contribution in [3.05, 3.63) is 59.7 Å². The molecular weight excluding hydrogens is 684 g/mol. The predicted molar refractivity (Wildman–Crippen MR) is 179 cm³/mol. The lowest BCUT2D eigenvalue weighted by Gasteiger charge is -2.22. The smallest absolute Gasteiger partial charge is 0.297 e. The van der Waals surface area contributed by atoms with Gasteiger partial charge in [0.2, 0.25) is 0 Å². The van der Waals surface area contributed by atoms with Crippen molar-refractivity contribution in [2.75, 3.05) is 106 Å². The van der Waals surface area contributed by atoms with Crippen LogP contribution in [0.4, 0.5) is 0 Å². The number of aliphatic hydroxyl groups excluding tert-OH is 3. The van der Waals surface area contributed by atoms with Crippen LogP contribution in [0.25, 0.3) is 0 Å². The summed E-state index contributed by atoms with van der Waals surface area (Å²) in [6.07, 6.45) is 0. The highest BCUT2D eigenvalue weighted by Gasteiger charge is 2.14. The van der Waals surface area contributed by atoms with Gasteiger partial charge < -0.3 is 43.7 Å². The van der Waals surface area contributed by atoms with E-state index < -0.39 is 19.9 Å². The highest BCUT2D eigenvalue weighted by atomic mass is 35.7. The molecule has 0 unspecified atom stereocenters. The third-order valence-corrected chi connectivity index (χ3v) is 8.02. The van der Waals surface area contributed by atoms with E-state index in [-0.39, 0.29) is 37.9 Å². The Kier molecular flexibility index (Phi) is 28.6. The summed E-state index contributed by atoms with van der Waals surface area (Å²) < 4.78 is 77.1. The van der Waals surface area contributed by atoms with Crippen LogP contribution < -0.4 is 0 Å². The van der Waals surface area contributed by atoms with Crippen molar-refractivity contribution >= 4 is 30.6 Å². The number of benzene rings is 2. The quantitative estimate of drug-likeness (QED) is 0.0779. The monoisotopic (exact) mass is 734 g/mol. The highest BCUT2D eigenvalue weighted by Crippen LogP contribution is 2.52. The maximum absolute atomic E-state index is 11.9. The number of halogens is 1. The van der Waals surface area contributed by atoms with Crippen LogP contribution in [0, 0.1) is 13.8 Å². The minimum Gasteiger partial charge on any atom is -0.394 e. The molecule has 0 aliphatic carbocycles. The normalized spacial score (nSPS) is 11.7. The standard InChI is InChI=1S/C15H24O7S.C8H18O5.C7H9ClO2S/c1-14-2-4-15(5-3-14)23(17,18)22-13-12-21-11-10-20-9-8-19-7-6-16;9-1-3-11-5-7-13-8-6-12-4-2-10;1-6-2-4-7(5-3-6)11(8,9)10/h2-5,16H,6-13H2,1H3;9-10H,1-8H2;2-5,9-10H,1H3. The zero-order valence-electron chi connectivity index (χ0n) is 27.0. The fourth-order valence-electron chi connectivity index (χ4n) is 2.96. The molecule has 0 heterocycles. The fourth-order valence-corrected chi connectivity index (χ4v) is 4.65. The van der Waals surface area contributed by atoms with Crippen LogP contribution in [-0.4, -0.2) is 139 Å². The van der Waals surface area contributed by atoms with Crippen LogP contribution in [0.2, 0.25) is 0 Å². The molecule has 17 heteroatoms. The molecule has 0 amide bonds. The van der Waals surface area contributed by atoms with E-state index in [0.717, 1.165) is 11.1 Å². The Hall–Kier alpha value is -1.45. The molecule has 0 aliphatic rings. The van der Waals surface area contributed by atoms with Gasteiger partial charge in [-0.05, 0) is 38.1 Å². The van der Waals surface area contributed by atoms with E-state index in [1.54, 1.807) is 36.4 Å². The second-order valence-corrected chi connectivity index (χ2v) is 13.6. The highest BCUT2D eigenvalue weighted by molar-refractivity contribution is 8.43. The van der Waals surface area contributed by atoms with E-state index in [9.17, 15) is 8.42 Å². The van der Waals surface area contributed by atoms with Crippen molar-refractivity contribution in [2.45, 2.75) is 23.6 Å². The summed E-state index contributed by atoms with van der Waals surface area (Å²) >= 11 is 0. The number of aliphatic hydroxyl groups is 3. The topological polar surface area (TPSA) is 200 Å². The van der Waals surface area contributed by atoms with E-state index in [2.05, 4.69) is 0 Å². The lowest BCUT2D eigenvalue weighted by atomic mass is 10.2. The molecule has 2 aromatic carbocycles. The summed E-state index contributed by atoms with van der Waals surface area (Å²) in [5.74, 6) is 0. The van der Waals surface area contributed by atoms with Gasteiger partial charge in [-0.25, -0.2) is 0 Å². The maximum Gasteiger partial charge on any atom is 0.297 e. The Morgan fingerprint density at radius 1 is 0.489 bits per heavy atom. The van der Waals surface area contributed by atoms with E-state index in [1.165, 1.54) is 12.1 Å². The average Bonchev–Trinajstić information content (AvgIpc) is 3.03. The van der Waals surface area contributed by atoms with Gasteiger partial charge in [0.05, 0.1) is 116 Å². The van der Waals surface area contributed by atoms with Gasteiger partial charge in [-0.2, -0.15) is 8.42 Å². The van der Waals surface area contributed by atoms with Gasteiger partial charge in [0, 0.05) is 10.7 Å². The Balaban J connectivity index is 0.000000744. The van der Waals surface area contributed by atoms with Crippen molar-refractivity contribution in [1.29, 1.82) is 0 Å². The summed E-state index contributed by atoms with van der Waals surface area (Å²) in [6.45, 7) is 8.53. The van der Waals surface area contributed by atoms with E-state index in [1.807, 2.05) is 13.8 Å². The molecule has 0 atom stereocenters. The van der Waals surface area contributed by atoms with Crippen LogP contribution in [0.5, 0.6) is 0 Å². The SMILES string of the molecule is Cc1ccc(S(=O)(=O)OCCOCCOCCOCCO)cc1.Cc1ccc(S(O)(O)Cl)cc1.OCCOCCOCCOCCO. The number of hydrogen-bond acceptors (Lipinski definition) is 14. The van der Waals surface area contributed by atoms with Gasteiger partial charge in [0.15, 0.2) is 0 Å². The number of aryl methyl sites for hydroxylation is 2. The van der Waals surface area contributed by atoms with Crippen LogP contribution >= 0.6 is 20.5 Å². The molecule has 0 fully saturated rings. The van der Waals surface area contributed by atoms with Gasteiger partial charge in [-0.3, -0.25) is 13.3 Å². The maximum atomic E-state index is 11.9. The lowest BCUT2D eigenvalue weighted by molar-refractivity contribution is 0.00230. The number of hydrogen-bond donors (Lipinski definition) is 5. The minimum atomic E-state index is -3.74. The Bertz CT molecular complexity index is 1080. The first-order chi connectivity index (χ1) is 22.5. The first kappa shape index (κ1) is 45.6. The summed E-state index contributed by atoms with van der Waals surface area (Å²) in [6, 6.07) is 13.2. The molecule has 0 spiro atoms. The van der Waals surface area contributed by atoms with Crippen molar-refractivity contribution in [2.24, 2.45) is 0 Å². The van der Waals surface area contributed by atoms with Gasteiger partial charge in [-0.1, -0.05) is 45.2 Å². The van der Waals surface area contributed by atoms with Crippen LogP contribution in [0.15, 0.2) is 58.3 Å². The number of rotatable bonds is 24. The molecule has 5 N–H and O–H groups in total. The zero-order chi connectivity index (χ0) is 35.2. The zero-order valence-corrected chi connectivity index (χ0v) is 29.4. The van der Waals surface area contributed by atoms with E-state index >= 15 is 0 Å². The summed E-state index contributed by atoms with van der Waals surface area (Å²) in [5, 5.41) is 25.2. The van der Waals surface area contributed by atoms with Crippen molar-refractivity contribution in [3.8, 4) is 0 Å². The largest absolute Gasteiger partial charge is 0.394 e. The molecular formula is C30H51ClO14S2. The molecule has 2 aromatic rings. The second kappa shape index (κ2) is 29.5. The Labute approximate surface area is 284 Å². The summed E-state index contributed by atoms with van der Waals surface area (Å²) in [5.41, 5.74) is 2.04. The predicted octanol–water partition coefficient (Wildman–Crippen LogP) is 3.02. The molecule has 0 aromatic heterocycles. The Morgan fingerprint density at radius 3 is 1.06 bits per heavy atom. The third kappa shape index (κ3) is 27.1. The summed E-state index contributed by atoms with van der Waals surface area (Å²) in [7, 11) is -1.48. The summed E-state index contributed by atoms with van der Waals surface area (Å²) in [4.78, 5) is 0.499. The number of ether oxygens (including phenoxy) is 6. The molecule has 14 nitrogen and oxygen atoms in total. The minimum absolute atomic E-state index is 0.00535. The second-order valence-electron chi connectivity index (χ2n) is 9.23. The average molecular weight is 735 g/mol. The van der Waals surface area contributed by atoms with Crippen molar-refractivity contribution in [1.82, 2.24) is 0 Å². The van der Waals surface area contributed by atoms with Gasteiger partial charge in [0.1, 0.15) is 0 Å². The van der Waals surface area contributed by atoms with E-state index in [4.69, 9.17) is 67.7 Å². The molecule has 2 rings (SSSR count). The molecule has 0 bridgehead atoms. The third-order valence-electron chi connectivity index (χ3n) is 5.29. The molecule has 274 valence electrons. The molecule has 0 saturated carbocycles. The van der Waals surface area contributed by atoms with Crippen molar-refractivity contribution < 1.29 is 65.4 Å². The van der Waals surface area contributed by atoms with Crippen molar-refractivity contribution in [3.63, 3.8) is 0 Å². The van der Waals surface area contributed by atoms with Gasteiger partial charge >= 0.3 is 0 Å². The first-order valence-electron chi connectivity index (χ1n) is 14.8. The molecule has 47 heavy (non-hydrogen) atoms. The molecule has 0 radical (unpaired) electrons. The van der Waals surface area contributed by atoms with Gasteiger partial charge in [-0.15, -0.1) is 0 Å². The van der Waals surface area contributed by atoms with Crippen LogP contribution in [0.1, 0.15) is 11.1 Å². The molecule has 0 aliphatic heterocycles. The molecule has 0 saturated heterocycles. The fraction of sp³-hybridized carbons (Fsp3) is 0.600. The van der Waals surface area contributed by atoms with Gasteiger partial charge in [0.25, 0.3) is 10.1 Å². The van der Waals surface area contributed by atoms with Crippen LogP contribution in [0.3, 0.4) is 0 Å². The first-order valence-corrected chi connectivity index (χ1v) is 18.6. The lowest BCUT2D eigenvalue weighted by Crippen LogP contribution is -2.14. The van der Waals surface area contributed by atoms with E-state index in [0.29, 0.717) is 77.6 Å². The Morgan fingerprint density at radius 2 is 0.766 bits per heavy atom.